The number of likely N-dealkylation sites (tertiary alicyclic amines) is 1. The van der Waals surface area contributed by atoms with Crippen molar-refractivity contribution in [1.29, 1.82) is 5.26 Å². The highest BCUT2D eigenvalue weighted by molar-refractivity contribution is 5.86. The van der Waals surface area contributed by atoms with Gasteiger partial charge in [0.2, 0.25) is 6.19 Å². The Morgan fingerprint density at radius 2 is 2.17 bits per heavy atom. The molecule has 2 aromatic rings. The second-order valence-electron chi connectivity index (χ2n) is 8.46. The summed E-state index contributed by atoms with van der Waals surface area (Å²) in [4.78, 5) is 17.1. The van der Waals surface area contributed by atoms with E-state index in [9.17, 15) is 0 Å². The number of morpholine rings is 1. The van der Waals surface area contributed by atoms with Crippen molar-refractivity contribution in [2.24, 2.45) is 15.8 Å². The highest BCUT2D eigenvalue weighted by atomic mass is 16.5. The molecule has 11 heteroatoms. The molecule has 3 N–H and O–H groups in total. The van der Waals surface area contributed by atoms with E-state index < -0.39 is 0 Å². The Kier molecular flexibility index (Phi) is 8.43. The molecule has 2 fully saturated rings. The number of nitriles is 1. The number of nitrogens with one attached hydrogen (secondary N) is 1. The average Bonchev–Trinajstić information content (AvgIpc) is 3.33. The minimum atomic E-state index is -0.0351. The fraction of sp³-hybridized carbons (Fsp3) is 0.458. The molecule has 1 aromatic heterocycles. The van der Waals surface area contributed by atoms with E-state index in [1.807, 2.05) is 31.2 Å². The zero-order chi connectivity index (χ0) is 24.5. The van der Waals surface area contributed by atoms with Crippen LogP contribution in [0.15, 0.2) is 40.4 Å². The third-order valence-electron chi connectivity index (χ3n) is 5.96. The van der Waals surface area contributed by atoms with Crippen LogP contribution in [0.3, 0.4) is 0 Å². The number of rotatable bonds is 9. The van der Waals surface area contributed by atoms with Crippen LogP contribution in [0.5, 0.6) is 6.01 Å². The van der Waals surface area contributed by atoms with E-state index in [0.29, 0.717) is 38.0 Å². The van der Waals surface area contributed by atoms with Gasteiger partial charge in [-0.25, -0.2) is 0 Å². The van der Waals surface area contributed by atoms with E-state index in [1.165, 1.54) is 5.56 Å². The fourth-order valence-electron chi connectivity index (χ4n) is 4.23. The Hall–Kier alpha value is -3.75. The number of ether oxygens (including phenoxy) is 2. The molecule has 2 aliphatic rings. The SMILES string of the molecule is Cc1cccc(/C=N/Nc2cc(N3CCOCC3)nc(OCCN3CCCC3C(N)=NC#N)n2)c1. The van der Waals surface area contributed by atoms with Crippen molar-refractivity contribution in [3.05, 3.63) is 41.5 Å². The summed E-state index contributed by atoms with van der Waals surface area (Å²) in [6.45, 7) is 6.73. The smallest absolute Gasteiger partial charge is 0.320 e. The Balaban J connectivity index is 1.43. The van der Waals surface area contributed by atoms with Crippen LogP contribution < -0.4 is 20.8 Å². The van der Waals surface area contributed by atoms with E-state index in [2.05, 4.69) is 41.4 Å². The van der Waals surface area contributed by atoms with E-state index in [-0.39, 0.29) is 12.1 Å². The van der Waals surface area contributed by atoms with Crippen LogP contribution in [-0.2, 0) is 4.74 Å². The van der Waals surface area contributed by atoms with Gasteiger partial charge in [0.25, 0.3) is 0 Å². The minimum Gasteiger partial charge on any atom is -0.462 e. The summed E-state index contributed by atoms with van der Waals surface area (Å²) < 4.78 is 11.4. The topological polar surface area (TPSA) is 137 Å². The minimum absolute atomic E-state index is 0.0351. The van der Waals surface area contributed by atoms with Gasteiger partial charge in [0.1, 0.15) is 18.3 Å². The van der Waals surface area contributed by atoms with Gasteiger partial charge in [-0.15, -0.1) is 0 Å². The van der Waals surface area contributed by atoms with E-state index in [1.54, 1.807) is 12.4 Å². The largest absolute Gasteiger partial charge is 0.462 e. The molecule has 1 aromatic carbocycles. The average molecular weight is 478 g/mol. The van der Waals surface area contributed by atoms with Crippen LogP contribution in [0, 0.1) is 18.4 Å². The normalized spacial score (nSPS) is 19.1. The summed E-state index contributed by atoms with van der Waals surface area (Å²) in [6.07, 6.45) is 5.41. The summed E-state index contributed by atoms with van der Waals surface area (Å²) >= 11 is 0. The molecule has 1 unspecified atom stereocenters. The van der Waals surface area contributed by atoms with Crippen molar-refractivity contribution in [1.82, 2.24) is 14.9 Å². The molecule has 0 radical (unpaired) electrons. The fourth-order valence-corrected chi connectivity index (χ4v) is 4.23. The summed E-state index contributed by atoms with van der Waals surface area (Å²) in [5, 5.41) is 13.1. The number of aromatic nitrogens is 2. The van der Waals surface area contributed by atoms with Crippen molar-refractivity contribution in [3.63, 3.8) is 0 Å². The number of benzene rings is 1. The molecule has 11 nitrogen and oxygen atoms in total. The predicted molar refractivity (Wildman–Crippen MR) is 135 cm³/mol. The Bertz CT molecular complexity index is 1090. The highest BCUT2D eigenvalue weighted by Crippen LogP contribution is 2.21. The van der Waals surface area contributed by atoms with Crippen LogP contribution in [-0.4, -0.2) is 79.0 Å². The summed E-state index contributed by atoms with van der Waals surface area (Å²) in [5.41, 5.74) is 11.1. The zero-order valence-corrected chi connectivity index (χ0v) is 19.9. The summed E-state index contributed by atoms with van der Waals surface area (Å²) in [6, 6.07) is 10.2. The van der Waals surface area contributed by atoms with Crippen LogP contribution >= 0.6 is 0 Å². The number of aryl methyl sites for hydroxylation is 1. The van der Waals surface area contributed by atoms with Crippen molar-refractivity contribution in [2.75, 3.05) is 56.3 Å². The Labute approximate surface area is 205 Å². The quantitative estimate of drug-likeness (QED) is 0.239. The standard InChI is InChI=1S/C24H31N9O2/c1-18-4-2-5-19(14-18)16-28-31-21-15-22(33-8-11-34-12-9-33)30-24(29-21)35-13-10-32-7-3-6-20(32)23(26)27-17-25/h2,4-5,14-16,20H,3,6-13H2,1H3,(H2,26,27)(H,29,30,31)/b28-16+. The molecular formula is C24H31N9O2. The number of hydrogen-bond donors (Lipinski definition) is 2. The van der Waals surface area contributed by atoms with Crippen LogP contribution in [0.1, 0.15) is 24.0 Å². The van der Waals surface area contributed by atoms with Gasteiger partial charge in [0, 0.05) is 25.7 Å². The molecule has 35 heavy (non-hydrogen) atoms. The molecule has 184 valence electrons. The van der Waals surface area contributed by atoms with Gasteiger partial charge < -0.3 is 20.1 Å². The zero-order valence-electron chi connectivity index (χ0n) is 19.9. The lowest BCUT2D eigenvalue weighted by molar-refractivity contribution is 0.122. The number of hydrazone groups is 1. The Morgan fingerprint density at radius 3 is 2.97 bits per heavy atom. The number of hydrogen-bond acceptors (Lipinski definition) is 10. The number of amidine groups is 1. The van der Waals surface area contributed by atoms with E-state index >= 15 is 0 Å². The third-order valence-corrected chi connectivity index (χ3v) is 5.96. The first-order chi connectivity index (χ1) is 17.1. The maximum atomic E-state index is 8.80. The molecule has 3 heterocycles. The number of nitrogens with two attached hydrogens (primary N) is 1. The van der Waals surface area contributed by atoms with Crippen molar-refractivity contribution in [2.45, 2.75) is 25.8 Å². The number of aliphatic imine (C=N–C) groups is 1. The number of nitrogens with zero attached hydrogens (tertiary/aromatic N) is 7. The molecule has 0 aliphatic carbocycles. The van der Waals surface area contributed by atoms with Crippen LogP contribution in [0.2, 0.25) is 0 Å². The molecule has 0 amide bonds. The molecule has 1 atom stereocenters. The predicted octanol–water partition coefficient (Wildman–Crippen LogP) is 1.75. The van der Waals surface area contributed by atoms with E-state index in [4.69, 9.17) is 20.5 Å². The molecule has 0 saturated carbocycles. The molecule has 0 spiro atoms. The van der Waals surface area contributed by atoms with Gasteiger partial charge >= 0.3 is 6.01 Å². The molecular weight excluding hydrogens is 446 g/mol. The second-order valence-corrected chi connectivity index (χ2v) is 8.46. The molecule has 4 rings (SSSR count). The van der Waals surface area contributed by atoms with Crippen LogP contribution in [0.4, 0.5) is 11.6 Å². The maximum Gasteiger partial charge on any atom is 0.320 e. The second kappa shape index (κ2) is 12.1. The van der Waals surface area contributed by atoms with Gasteiger partial charge in [-0.05, 0) is 31.9 Å². The van der Waals surface area contributed by atoms with Gasteiger partial charge in [0.05, 0.1) is 25.5 Å². The lowest BCUT2D eigenvalue weighted by Crippen LogP contribution is -2.42. The number of anilines is 2. The Morgan fingerprint density at radius 1 is 1.31 bits per heavy atom. The highest BCUT2D eigenvalue weighted by Gasteiger charge is 2.27. The first-order valence-electron chi connectivity index (χ1n) is 11.8. The monoisotopic (exact) mass is 477 g/mol. The van der Waals surface area contributed by atoms with Gasteiger partial charge in [-0.1, -0.05) is 29.8 Å². The molecule has 2 saturated heterocycles. The lowest BCUT2D eigenvalue weighted by atomic mass is 10.2. The molecule has 2 aliphatic heterocycles. The van der Waals surface area contributed by atoms with Gasteiger partial charge in [-0.3, -0.25) is 10.3 Å². The van der Waals surface area contributed by atoms with Crippen LogP contribution in [0.25, 0.3) is 0 Å². The maximum absolute atomic E-state index is 8.80. The first kappa shape index (κ1) is 24.4. The summed E-state index contributed by atoms with van der Waals surface area (Å²) in [5.74, 6) is 1.66. The first-order valence-corrected chi connectivity index (χ1v) is 11.8. The lowest BCUT2D eigenvalue weighted by Gasteiger charge is -2.28. The van der Waals surface area contributed by atoms with Crippen molar-refractivity contribution >= 4 is 23.7 Å². The third kappa shape index (κ3) is 6.88. The summed E-state index contributed by atoms with van der Waals surface area (Å²) in [7, 11) is 0. The van der Waals surface area contributed by atoms with Gasteiger partial charge in [-0.2, -0.15) is 25.3 Å². The molecule has 0 bridgehead atoms. The van der Waals surface area contributed by atoms with Crippen molar-refractivity contribution in [3.8, 4) is 12.2 Å². The van der Waals surface area contributed by atoms with Crippen molar-refractivity contribution < 1.29 is 9.47 Å². The van der Waals surface area contributed by atoms with E-state index in [0.717, 1.165) is 43.9 Å². The van der Waals surface area contributed by atoms with Gasteiger partial charge in [0.15, 0.2) is 5.82 Å².